The van der Waals surface area contributed by atoms with Gasteiger partial charge in [-0.3, -0.25) is 14.6 Å². The Morgan fingerprint density at radius 2 is 2.00 bits per heavy atom. The van der Waals surface area contributed by atoms with E-state index in [2.05, 4.69) is 26.2 Å². The maximum Gasteiger partial charge on any atom is 0.259 e. The van der Waals surface area contributed by atoms with Crippen LogP contribution in [0.5, 0.6) is 5.75 Å². The summed E-state index contributed by atoms with van der Waals surface area (Å²) in [4.78, 5) is 29.4. The maximum atomic E-state index is 13.5. The first-order chi connectivity index (χ1) is 15.5. The lowest BCUT2D eigenvalue weighted by atomic mass is 10.0. The minimum Gasteiger partial charge on any atom is -0.484 e. The van der Waals surface area contributed by atoms with Crippen LogP contribution in [-0.4, -0.2) is 33.7 Å². The quantitative estimate of drug-likeness (QED) is 0.355. The second kappa shape index (κ2) is 8.22. The molecular weight excluding hydrogens is 474 g/mol. The molecule has 32 heavy (non-hydrogen) atoms. The average Bonchev–Trinajstić information content (AvgIpc) is 3.09. The van der Waals surface area contributed by atoms with Gasteiger partial charge in [0.15, 0.2) is 12.0 Å². The van der Waals surface area contributed by atoms with E-state index >= 15 is 0 Å². The third kappa shape index (κ3) is 3.57. The van der Waals surface area contributed by atoms with Gasteiger partial charge in [0.25, 0.3) is 5.91 Å². The molecule has 160 valence electrons. The van der Waals surface area contributed by atoms with Crippen LogP contribution in [0.1, 0.15) is 11.1 Å². The van der Waals surface area contributed by atoms with Crippen LogP contribution in [0.3, 0.4) is 0 Å². The molecule has 0 radical (unpaired) electrons. The van der Waals surface area contributed by atoms with Crippen LogP contribution in [0, 0.1) is 0 Å². The van der Waals surface area contributed by atoms with Crippen LogP contribution < -0.4 is 15.5 Å². The smallest absolute Gasteiger partial charge is 0.259 e. The molecular formula is C24H18BrN3O4. The number of nitrogens with one attached hydrogen (secondary N) is 1. The number of aliphatic hydroxyl groups is 1. The van der Waals surface area contributed by atoms with Gasteiger partial charge in [0, 0.05) is 45.8 Å². The van der Waals surface area contributed by atoms with Gasteiger partial charge in [0.2, 0.25) is 0 Å². The maximum absolute atomic E-state index is 13.5. The molecule has 2 aromatic carbocycles. The number of hydrogen-bond acceptors (Lipinski definition) is 5. The van der Waals surface area contributed by atoms with Gasteiger partial charge >= 0.3 is 0 Å². The zero-order chi connectivity index (χ0) is 22.2. The van der Waals surface area contributed by atoms with Gasteiger partial charge < -0.3 is 19.6 Å². The largest absolute Gasteiger partial charge is 0.484 e. The summed E-state index contributed by atoms with van der Waals surface area (Å²) in [5.41, 5.74) is 3.28. The SMILES string of the molecule is O=C(COc1cc2c(=O)c(Cc3cccnc3)cn3c4ccc(Br)cc4c(c1)c23)NCO. The minimum atomic E-state index is -0.463. The van der Waals surface area contributed by atoms with Crippen molar-refractivity contribution in [2.75, 3.05) is 13.3 Å². The third-order valence-electron chi connectivity index (χ3n) is 5.42. The monoisotopic (exact) mass is 491 g/mol. The van der Waals surface area contributed by atoms with Gasteiger partial charge in [0.1, 0.15) is 12.5 Å². The van der Waals surface area contributed by atoms with Crippen molar-refractivity contribution in [1.29, 1.82) is 0 Å². The number of nitrogens with zero attached hydrogens (tertiary/aromatic N) is 2. The van der Waals surface area contributed by atoms with Crippen molar-refractivity contribution in [3.63, 3.8) is 0 Å². The molecule has 1 amide bonds. The number of rotatable bonds is 6. The first-order valence-electron chi connectivity index (χ1n) is 9.97. The normalized spacial score (nSPS) is 11.4. The molecule has 3 heterocycles. The van der Waals surface area contributed by atoms with Crippen LogP contribution >= 0.6 is 15.9 Å². The van der Waals surface area contributed by atoms with E-state index in [4.69, 9.17) is 9.84 Å². The molecule has 0 aliphatic carbocycles. The van der Waals surface area contributed by atoms with Crippen molar-refractivity contribution in [2.45, 2.75) is 6.42 Å². The Balaban J connectivity index is 1.73. The standard InChI is InChI=1S/C24H18BrN3O4/c25-16-3-4-21-18(7-16)19-8-17(32-12-22(30)27-13-29)9-20-23(19)28(21)11-15(24(20)31)6-14-2-1-5-26-10-14/h1-5,7-11,29H,6,12-13H2,(H,27,30). The molecule has 5 aromatic rings. The molecule has 7 nitrogen and oxygen atoms in total. The molecule has 0 saturated carbocycles. The summed E-state index contributed by atoms with van der Waals surface area (Å²) in [7, 11) is 0. The number of hydrogen-bond donors (Lipinski definition) is 2. The fourth-order valence-corrected chi connectivity index (χ4v) is 4.40. The molecule has 0 aliphatic heterocycles. The predicted molar refractivity (Wildman–Crippen MR) is 125 cm³/mol. The fraction of sp³-hybridized carbons (Fsp3) is 0.125. The highest BCUT2D eigenvalue weighted by Crippen LogP contribution is 2.35. The molecule has 3 aromatic heterocycles. The van der Waals surface area contributed by atoms with E-state index in [9.17, 15) is 9.59 Å². The molecule has 0 spiro atoms. The molecule has 0 aliphatic rings. The number of fused-ring (bicyclic) bond motifs is 3. The van der Waals surface area contributed by atoms with E-state index < -0.39 is 12.6 Å². The van der Waals surface area contributed by atoms with E-state index in [0.29, 0.717) is 23.1 Å². The van der Waals surface area contributed by atoms with Crippen LogP contribution in [-0.2, 0) is 11.2 Å². The number of carbonyl (C=O) groups excluding carboxylic acids is 1. The van der Waals surface area contributed by atoms with Crippen molar-refractivity contribution in [3.8, 4) is 5.75 Å². The van der Waals surface area contributed by atoms with E-state index in [1.807, 2.05) is 47.0 Å². The number of pyridine rings is 2. The number of amides is 1. The van der Waals surface area contributed by atoms with Crippen molar-refractivity contribution in [3.05, 3.63) is 86.9 Å². The Morgan fingerprint density at radius 1 is 1.16 bits per heavy atom. The van der Waals surface area contributed by atoms with Gasteiger partial charge in [-0.1, -0.05) is 22.0 Å². The summed E-state index contributed by atoms with van der Waals surface area (Å²) in [5, 5.41) is 13.5. The number of aliphatic hydroxyl groups excluding tert-OH is 1. The van der Waals surface area contributed by atoms with Crippen LogP contribution in [0.2, 0.25) is 0 Å². The summed E-state index contributed by atoms with van der Waals surface area (Å²) in [6.45, 7) is -0.727. The van der Waals surface area contributed by atoms with Crippen LogP contribution in [0.25, 0.3) is 27.2 Å². The Kier molecular flexibility index (Phi) is 5.24. The summed E-state index contributed by atoms with van der Waals surface area (Å²) < 4.78 is 8.62. The molecule has 0 atom stereocenters. The van der Waals surface area contributed by atoms with Gasteiger partial charge in [-0.25, -0.2) is 0 Å². The van der Waals surface area contributed by atoms with Crippen LogP contribution in [0.4, 0.5) is 0 Å². The zero-order valence-electron chi connectivity index (χ0n) is 16.8. The number of carbonyl (C=O) groups is 1. The molecule has 8 heteroatoms. The molecule has 0 fully saturated rings. The minimum absolute atomic E-state index is 0.0847. The summed E-state index contributed by atoms with van der Waals surface area (Å²) in [6.07, 6.45) is 5.81. The van der Waals surface area contributed by atoms with Gasteiger partial charge in [-0.05, 0) is 42.0 Å². The molecule has 5 rings (SSSR count). The van der Waals surface area contributed by atoms with E-state index in [0.717, 1.165) is 31.8 Å². The Hall–Kier alpha value is -3.49. The number of ether oxygens (including phenoxy) is 1. The summed E-state index contributed by atoms with van der Waals surface area (Å²) >= 11 is 3.53. The van der Waals surface area contributed by atoms with Gasteiger partial charge in [-0.2, -0.15) is 0 Å². The lowest BCUT2D eigenvalue weighted by molar-refractivity contribution is -0.124. The Labute approximate surface area is 190 Å². The highest BCUT2D eigenvalue weighted by molar-refractivity contribution is 9.10. The van der Waals surface area contributed by atoms with Crippen LogP contribution in [0.15, 0.2) is 70.3 Å². The fourth-order valence-electron chi connectivity index (χ4n) is 4.04. The van der Waals surface area contributed by atoms with Crippen molar-refractivity contribution in [1.82, 2.24) is 14.7 Å². The first-order valence-corrected chi connectivity index (χ1v) is 10.8. The molecule has 0 unspecified atom stereocenters. The lowest BCUT2D eigenvalue weighted by Gasteiger charge is -2.10. The third-order valence-corrected chi connectivity index (χ3v) is 5.91. The zero-order valence-corrected chi connectivity index (χ0v) is 18.4. The average molecular weight is 492 g/mol. The number of halogens is 1. The summed E-state index contributed by atoms with van der Waals surface area (Å²) in [5.74, 6) is -0.0366. The van der Waals surface area contributed by atoms with E-state index in [1.165, 1.54) is 0 Å². The van der Waals surface area contributed by atoms with Crippen molar-refractivity contribution < 1.29 is 14.6 Å². The van der Waals surface area contributed by atoms with Crippen molar-refractivity contribution >= 4 is 49.0 Å². The second-order valence-electron chi connectivity index (χ2n) is 7.47. The highest BCUT2D eigenvalue weighted by atomic mass is 79.9. The van der Waals surface area contributed by atoms with Gasteiger partial charge in [0.05, 0.1) is 16.4 Å². The summed E-state index contributed by atoms with van der Waals surface area (Å²) in [6, 6.07) is 13.3. The second-order valence-corrected chi connectivity index (χ2v) is 8.38. The first kappa shape index (κ1) is 20.4. The lowest BCUT2D eigenvalue weighted by Crippen LogP contribution is -2.29. The Bertz CT molecular complexity index is 1520. The highest BCUT2D eigenvalue weighted by Gasteiger charge is 2.18. The number of benzene rings is 2. The van der Waals surface area contributed by atoms with Crippen molar-refractivity contribution in [2.24, 2.45) is 0 Å². The van der Waals surface area contributed by atoms with E-state index in [1.54, 1.807) is 18.5 Å². The molecule has 0 bridgehead atoms. The predicted octanol–water partition coefficient (Wildman–Crippen LogP) is 3.24. The van der Waals surface area contributed by atoms with E-state index in [-0.39, 0.29) is 12.0 Å². The number of aromatic nitrogens is 2. The van der Waals surface area contributed by atoms with Gasteiger partial charge in [-0.15, -0.1) is 0 Å². The molecule has 2 N–H and O–H groups in total. The Morgan fingerprint density at radius 3 is 2.78 bits per heavy atom. The topological polar surface area (TPSA) is 92.9 Å². The molecule has 0 saturated heterocycles.